The first-order valence-corrected chi connectivity index (χ1v) is 6.71. The monoisotopic (exact) mass is 271 g/mol. The second-order valence-corrected chi connectivity index (χ2v) is 5.76. The molecule has 4 heteroatoms. The summed E-state index contributed by atoms with van der Waals surface area (Å²) in [6.07, 6.45) is 3.96. The number of benzene rings is 1. The molecule has 0 unspecified atom stereocenters. The molecule has 1 aromatic rings. The summed E-state index contributed by atoms with van der Waals surface area (Å²) < 4.78 is 13.0. The third-order valence-corrected chi connectivity index (χ3v) is 3.82. The van der Waals surface area contributed by atoms with Crippen LogP contribution in [0.4, 0.5) is 4.39 Å². The Balaban J connectivity index is 1.94. The fraction of sp³-hybridized carbons (Fsp3) is 0.571. The summed E-state index contributed by atoms with van der Waals surface area (Å²) in [4.78, 5) is 2.06. The molecule has 0 aromatic heterocycles. The van der Waals surface area contributed by atoms with Crippen LogP contribution in [0.25, 0.3) is 0 Å². The number of rotatable bonds is 4. The average Bonchev–Trinajstić information content (AvgIpc) is 2.70. The van der Waals surface area contributed by atoms with E-state index in [0.29, 0.717) is 13.1 Å². The van der Waals surface area contributed by atoms with Crippen LogP contribution in [0.5, 0.6) is 0 Å². The molecule has 1 N–H and O–H groups in total. The van der Waals surface area contributed by atoms with Crippen LogP contribution < -0.4 is 0 Å². The van der Waals surface area contributed by atoms with E-state index in [4.69, 9.17) is 11.6 Å². The number of aliphatic hydroxyl groups is 1. The van der Waals surface area contributed by atoms with Gasteiger partial charge in [0.25, 0.3) is 0 Å². The van der Waals surface area contributed by atoms with Gasteiger partial charge >= 0.3 is 0 Å². The number of nitrogens with zero attached hydrogens (tertiary/aromatic N) is 1. The van der Waals surface area contributed by atoms with Gasteiger partial charge in [0.15, 0.2) is 0 Å². The lowest BCUT2D eigenvalue weighted by atomic mass is 10.0. The quantitative estimate of drug-likeness (QED) is 0.909. The molecule has 0 heterocycles. The van der Waals surface area contributed by atoms with Gasteiger partial charge in [-0.3, -0.25) is 4.90 Å². The molecule has 0 spiro atoms. The van der Waals surface area contributed by atoms with Crippen molar-refractivity contribution in [2.24, 2.45) is 0 Å². The molecule has 100 valence electrons. The van der Waals surface area contributed by atoms with Crippen LogP contribution in [-0.4, -0.2) is 29.2 Å². The summed E-state index contributed by atoms with van der Waals surface area (Å²) in [5.41, 5.74) is 0.420. The van der Waals surface area contributed by atoms with Gasteiger partial charge in [0.2, 0.25) is 0 Å². The Hall–Kier alpha value is -0.640. The molecule has 2 nitrogen and oxygen atoms in total. The molecule has 1 fully saturated rings. The lowest BCUT2D eigenvalue weighted by Gasteiger charge is -2.28. The second-order valence-electron chi connectivity index (χ2n) is 5.35. The molecular weight excluding hydrogens is 253 g/mol. The van der Waals surface area contributed by atoms with Gasteiger partial charge in [-0.1, -0.05) is 30.5 Å². The largest absolute Gasteiger partial charge is 0.389 e. The smallest absolute Gasteiger partial charge is 0.141 e. The lowest BCUT2D eigenvalue weighted by Crippen LogP contribution is -2.38. The van der Waals surface area contributed by atoms with Crippen LogP contribution in [0, 0.1) is 5.82 Å². The van der Waals surface area contributed by atoms with Crippen LogP contribution in [0.3, 0.4) is 0 Å². The second kappa shape index (κ2) is 5.55. The third-order valence-electron chi connectivity index (χ3n) is 3.54. The Kier molecular flexibility index (Phi) is 4.25. The zero-order valence-electron chi connectivity index (χ0n) is 10.6. The summed E-state index contributed by atoms with van der Waals surface area (Å²) in [6, 6.07) is 4.76. The first-order valence-electron chi connectivity index (χ1n) is 6.33. The summed E-state index contributed by atoms with van der Waals surface area (Å²) in [6.45, 7) is 1.32. The number of halogens is 2. The first kappa shape index (κ1) is 13.8. The van der Waals surface area contributed by atoms with Gasteiger partial charge in [-0.05, 0) is 37.6 Å². The maximum absolute atomic E-state index is 13.0. The van der Waals surface area contributed by atoms with E-state index in [2.05, 4.69) is 4.90 Å². The summed E-state index contributed by atoms with van der Waals surface area (Å²) in [5.74, 6) is -0.391. The molecule has 0 amide bonds. The topological polar surface area (TPSA) is 23.5 Å². The van der Waals surface area contributed by atoms with E-state index in [9.17, 15) is 9.50 Å². The molecule has 0 atom stereocenters. The van der Waals surface area contributed by atoms with Gasteiger partial charge in [0.1, 0.15) is 5.82 Å². The van der Waals surface area contributed by atoms with Crippen LogP contribution in [-0.2, 0) is 6.54 Å². The van der Waals surface area contributed by atoms with E-state index >= 15 is 0 Å². The maximum atomic E-state index is 13.0. The predicted molar refractivity (Wildman–Crippen MR) is 71.2 cm³/mol. The van der Waals surface area contributed by atoms with Crippen LogP contribution in [0.15, 0.2) is 18.2 Å². The van der Waals surface area contributed by atoms with Gasteiger partial charge in [0.05, 0.1) is 10.6 Å². The van der Waals surface area contributed by atoms with Crippen LogP contribution in [0.2, 0.25) is 5.02 Å². The van der Waals surface area contributed by atoms with E-state index in [1.54, 1.807) is 12.1 Å². The molecule has 0 radical (unpaired) electrons. The standard InChI is InChI=1S/C14H19ClFNO/c1-17(10-14(18)6-2-3-7-14)9-11-4-5-13(16)12(15)8-11/h4-5,8,18H,2-3,6-7,9-10H2,1H3. The van der Waals surface area contributed by atoms with Gasteiger partial charge in [-0.15, -0.1) is 0 Å². The average molecular weight is 272 g/mol. The van der Waals surface area contributed by atoms with E-state index in [1.807, 2.05) is 7.05 Å². The van der Waals surface area contributed by atoms with E-state index < -0.39 is 11.4 Å². The van der Waals surface area contributed by atoms with Crippen molar-refractivity contribution in [1.82, 2.24) is 4.90 Å². The molecule has 0 bridgehead atoms. The fourth-order valence-electron chi connectivity index (χ4n) is 2.70. The molecule has 1 aliphatic carbocycles. The Morgan fingerprint density at radius 1 is 1.39 bits per heavy atom. The highest BCUT2D eigenvalue weighted by Gasteiger charge is 2.32. The number of hydrogen-bond acceptors (Lipinski definition) is 2. The highest BCUT2D eigenvalue weighted by Crippen LogP contribution is 2.30. The van der Waals surface area contributed by atoms with Crippen molar-refractivity contribution in [1.29, 1.82) is 0 Å². The summed E-state index contributed by atoms with van der Waals surface area (Å²) >= 11 is 5.75. The minimum Gasteiger partial charge on any atom is -0.389 e. The zero-order chi connectivity index (χ0) is 13.2. The maximum Gasteiger partial charge on any atom is 0.141 e. The number of hydrogen-bond donors (Lipinski definition) is 1. The normalized spacial score (nSPS) is 18.5. The van der Waals surface area contributed by atoms with Crippen molar-refractivity contribution < 1.29 is 9.50 Å². The van der Waals surface area contributed by atoms with Crippen molar-refractivity contribution in [2.45, 2.75) is 37.8 Å². The Labute approximate surface area is 112 Å². The van der Waals surface area contributed by atoms with Crippen molar-refractivity contribution in [3.05, 3.63) is 34.6 Å². The van der Waals surface area contributed by atoms with Gasteiger partial charge in [0, 0.05) is 13.1 Å². The molecule has 18 heavy (non-hydrogen) atoms. The van der Waals surface area contributed by atoms with Crippen molar-refractivity contribution >= 4 is 11.6 Å². The first-order chi connectivity index (χ1) is 8.48. The molecular formula is C14H19ClFNO. The van der Waals surface area contributed by atoms with Gasteiger partial charge in [-0.2, -0.15) is 0 Å². The van der Waals surface area contributed by atoms with Crippen molar-refractivity contribution in [3.8, 4) is 0 Å². The zero-order valence-corrected chi connectivity index (χ0v) is 11.4. The number of likely N-dealkylation sites (N-methyl/N-ethyl adjacent to an activating group) is 1. The Morgan fingerprint density at radius 2 is 2.06 bits per heavy atom. The third kappa shape index (κ3) is 3.44. The van der Waals surface area contributed by atoms with Crippen LogP contribution in [0.1, 0.15) is 31.2 Å². The highest BCUT2D eigenvalue weighted by atomic mass is 35.5. The molecule has 1 aromatic carbocycles. The molecule has 0 saturated heterocycles. The molecule has 2 rings (SSSR count). The summed E-state index contributed by atoms with van der Waals surface area (Å²) in [7, 11) is 1.97. The molecule has 1 saturated carbocycles. The molecule has 0 aliphatic heterocycles. The Bertz CT molecular complexity index is 418. The minimum absolute atomic E-state index is 0.153. The minimum atomic E-state index is -0.543. The van der Waals surface area contributed by atoms with Crippen molar-refractivity contribution in [2.75, 3.05) is 13.6 Å². The van der Waals surface area contributed by atoms with E-state index in [-0.39, 0.29) is 5.02 Å². The lowest BCUT2D eigenvalue weighted by molar-refractivity contribution is 0.0145. The predicted octanol–water partition coefficient (Wildman–Crippen LogP) is 3.22. The van der Waals surface area contributed by atoms with Crippen LogP contribution >= 0.6 is 11.6 Å². The summed E-state index contributed by atoms with van der Waals surface area (Å²) in [5, 5.41) is 10.5. The van der Waals surface area contributed by atoms with E-state index in [0.717, 1.165) is 31.2 Å². The highest BCUT2D eigenvalue weighted by molar-refractivity contribution is 6.30. The fourth-order valence-corrected chi connectivity index (χ4v) is 2.90. The van der Waals surface area contributed by atoms with Crippen molar-refractivity contribution in [3.63, 3.8) is 0 Å². The Morgan fingerprint density at radius 3 is 2.67 bits per heavy atom. The van der Waals surface area contributed by atoms with E-state index in [1.165, 1.54) is 6.07 Å². The SMILES string of the molecule is CN(Cc1ccc(F)c(Cl)c1)CC1(O)CCCC1. The molecule has 1 aliphatic rings. The van der Waals surface area contributed by atoms with Gasteiger partial charge in [-0.25, -0.2) is 4.39 Å². The van der Waals surface area contributed by atoms with Gasteiger partial charge < -0.3 is 5.11 Å².